The van der Waals surface area contributed by atoms with Gasteiger partial charge in [0.1, 0.15) is 17.1 Å². The van der Waals surface area contributed by atoms with Gasteiger partial charge in [-0.15, -0.1) is 23.1 Å². The molecule has 0 radical (unpaired) electrons. The first-order valence-electron chi connectivity index (χ1n) is 11.8. The largest absolute Gasteiger partial charge is 0.448 e. The summed E-state index contributed by atoms with van der Waals surface area (Å²) in [5.41, 5.74) is 2.54. The maximum atomic E-state index is 13.7. The molecule has 37 heavy (non-hydrogen) atoms. The van der Waals surface area contributed by atoms with E-state index >= 15 is 0 Å². The first-order valence-corrected chi connectivity index (χ1v) is 13.8. The van der Waals surface area contributed by atoms with E-state index in [1.165, 1.54) is 28.0 Å². The van der Waals surface area contributed by atoms with E-state index < -0.39 is 18.1 Å². The van der Waals surface area contributed by atoms with Crippen molar-refractivity contribution in [3.8, 4) is 0 Å². The van der Waals surface area contributed by atoms with Crippen molar-refractivity contribution < 1.29 is 23.9 Å². The molecule has 3 heterocycles. The van der Waals surface area contributed by atoms with Crippen molar-refractivity contribution in [2.75, 3.05) is 19.5 Å². The molecule has 0 aliphatic carbocycles. The van der Waals surface area contributed by atoms with E-state index in [-0.39, 0.29) is 35.9 Å². The number of carbonyl (C=O) groups is 3. The van der Waals surface area contributed by atoms with Crippen LogP contribution in [0.3, 0.4) is 0 Å². The second kappa shape index (κ2) is 11.3. The van der Waals surface area contributed by atoms with E-state index in [9.17, 15) is 14.4 Å². The number of fused-ring (bicyclic) bond motifs is 1. The topological polar surface area (TPSA) is 84.9 Å². The van der Waals surface area contributed by atoms with Gasteiger partial charge in [-0.05, 0) is 28.1 Å². The number of nitrogens with zero attached hydrogens (tertiary/aromatic N) is 1. The minimum absolute atomic E-state index is 0.199. The molecular weight excluding hydrogens is 508 g/mol. The fraction of sp³-hybridized carbons (Fsp3) is 0.250. The molecule has 0 spiro atoms. The monoisotopic (exact) mass is 534 g/mol. The number of ether oxygens (including phenoxy) is 2. The van der Waals surface area contributed by atoms with Crippen LogP contribution in [-0.4, -0.2) is 53.6 Å². The van der Waals surface area contributed by atoms with Crippen molar-refractivity contribution in [3.05, 3.63) is 105 Å². The summed E-state index contributed by atoms with van der Waals surface area (Å²) in [7, 11) is 1.55. The summed E-state index contributed by atoms with van der Waals surface area (Å²) < 4.78 is 11.4. The number of carbonyl (C=O) groups excluding carboxylic acids is 3. The molecule has 1 unspecified atom stereocenters. The maximum absolute atomic E-state index is 13.7. The first-order chi connectivity index (χ1) is 18.1. The van der Waals surface area contributed by atoms with Crippen LogP contribution in [0.25, 0.3) is 0 Å². The van der Waals surface area contributed by atoms with Crippen LogP contribution >= 0.6 is 23.1 Å². The second-order valence-corrected chi connectivity index (χ2v) is 10.8. The smallest absolute Gasteiger partial charge is 0.356 e. The van der Waals surface area contributed by atoms with Gasteiger partial charge in [0.2, 0.25) is 5.91 Å². The van der Waals surface area contributed by atoms with E-state index in [4.69, 9.17) is 9.47 Å². The van der Waals surface area contributed by atoms with Gasteiger partial charge in [0.25, 0.3) is 5.91 Å². The standard InChI is InChI=1S/C28H26N2O5S2/c1-34-16-20-17-37-27-23(29-22(31)15-21-13-8-14-36-21)26(32)30(27)24(20)28(33)35-25(18-9-4-2-5-10-18)19-11-6-3-7-12-19/h2-14,23,25,27H,15-17H2,1H3,(H,29,31)/t23?,27-/m0/s1. The number of rotatable bonds is 9. The van der Waals surface area contributed by atoms with E-state index in [0.29, 0.717) is 11.3 Å². The summed E-state index contributed by atoms with van der Waals surface area (Å²) in [5, 5.41) is 4.38. The molecule has 2 aromatic carbocycles. The molecule has 1 N–H and O–H groups in total. The normalized spacial score (nSPS) is 18.9. The highest BCUT2D eigenvalue weighted by Crippen LogP contribution is 2.41. The van der Waals surface area contributed by atoms with Crippen molar-refractivity contribution in [1.29, 1.82) is 0 Å². The van der Waals surface area contributed by atoms with Gasteiger partial charge in [-0.3, -0.25) is 14.5 Å². The Morgan fingerprint density at radius 2 is 1.70 bits per heavy atom. The average Bonchev–Trinajstić information content (AvgIpc) is 3.44. The molecular formula is C28H26N2O5S2. The number of thioether (sulfide) groups is 1. The Labute approximate surface area is 223 Å². The molecule has 2 aliphatic rings. The fourth-order valence-corrected chi connectivity index (χ4v) is 6.53. The van der Waals surface area contributed by atoms with Crippen LogP contribution in [0.1, 0.15) is 22.1 Å². The zero-order chi connectivity index (χ0) is 25.8. The van der Waals surface area contributed by atoms with E-state index in [1.807, 2.05) is 78.2 Å². The number of thiophene rings is 1. The van der Waals surface area contributed by atoms with Crippen molar-refractivity contribution in [3.63, 3.8) is 0 Å². The van der Waals surface area contributed by atoms with Crippen LogP contribution in [0, 0.1) is 0 Å². The lowest BCUT2D eigenvalue weighted by molar-refractivity contribution is -0.154. The summed E-state index contributed by atoms with van der Waals surface area (Å²) >= 11 is 3.00. The summed E-state index contributed by atoms with van der Waals surface area (Å²) in [6, 6.07) is 22.1. The third-order valence-corrected chi connectivity index (χ3v) is 8.44. The van der Waals surface area contributed by atoms with Crippen LogP contribution in [0.15, 0.2) is 89.4 Å². The van der Waals surface area contributed by atoms with Gasteiger partial charge in [-0.1, -0.05) is 66.7 Å². The lowest BCUT2D eigenvalue weighted by atomic mass is 10.0. The molecule has 1 fully saturated rings. The number of β-lactam (4-membered cyclic amide) rings is 1. The Morgan fingerprint density at radius 3 is 2.30 bits per heavy atom. The molecule has 1 aromatic heterocycles. The average molecular weight is 535 g/mol. The summed E-state index contributed by atoms with van der Waals surface area (Å²) in [5.74, 6) is -0.643. The summed E-state index contributed by atoms with van der Waals surface area (Å²) in [4.78, 5) is 41.9. The molecule has 0 bridgehead atoms. The number of hydrogen-bond acceptors (Lipinski definition) is 7. The number of esters is 1. The van der Waals surface area contributed by atoms with Crippen LogP contribution in [0.4, 0.5) is 0 Å². The van der Waals surface area contributed by atoms with Crippen molar-refractivity contribution in [2.24, 2.45) is 0 Å². The van der Waals surface area contributed by atoms with Gasteiger partial charge >= 0.3 is 5.97 Å². The molecule has 1 saturated heterocycles. The highest BCUT2D eigenvalue weighted by molar-refractivity contribution is 8.00. The van der Waals surface area contributed by atoms with Crippen molar-refractivity contribution in [2.45, 2.75) is 23.9 Å². The van der Waals surface area contributed by atoms with Crippen LogP contribution < -0.4 is 5.32 Å². The number of benzene rings is 2. The van der Waals surface area contributed by atoms with Gasteiger partial charge in [-0.2, -0.15) is 0 Å². The number of methoxy groups -OCH3 is 1. The zero-order valence-corrected chi connectivity index (χ0v) is 21.8. The molecule has 0 saturated carbocycles. The fourth-order valence-electron chi connectivity index (χ4n) is 4.50. The molecule has 9 heteroatoms. The molecule has 190 valence electrons. The highest BCUT2D eigenvalue weighted by Gasteiger charge is 2.54. The Balaban J connectivity index is 1.37. The van der Waals surface area contributed by atoms with Gasteiger partial charge in [0.05, 0.1) is 13.0 Å². The van der Waals surface area contributed by atoms with Gasteiger partial charge < -0.3 is 14.8 Å². The van der Waals surface area contributed by atoms with E-state index in [0.717, 1.165) is 16.0 Å². The lowest BCUT2D eigenvalue weighted by Crippen LogP contribution is -2.70. The Hall–Kier alpha value is -3.40. The maximum Gasteiger partial charge on any atom is 0.356 e. The SMILES string of the molecule is COCC1=C(C(=O)OC(c2ccccc2)c2ccccc2)N2C(=O)C(NC(=O)Cc3cccs3)[C@@H]2SC1. The molecule has 2 atom stereocenters. The molecule has 3 aromatic rings. The van der Waals surface area contributed by atoms with Crippen LogP contribution in [0.2, 0.25) is 0 Å². The van der Waals surface area contributed by atoms with Crippen LogP contribution in [-0.2, 0) is 30.3 Å². The minimum atomic E-state index is -0.691. The zero-order valence-electron chi connectivity index (χ0n) is 20.2. The predicted molar refractivity (Wildman–Crippen MR) is 143 cm³/mol. The van der Waals surface area contributed by atoms with E-state index in [2.05, 4.69) is 5.32 Å². The van der Waals surface area contributed by atoms with Crippen molar-refractivity contribution in [1.82, 2.24) is 10.2 Å². The van der Waals surface area contributed by atoms with Gasteiger partial charge in [0.15, 0.2) is 6.10 Å². The van der Waals surface area contributed by atoms with Crippen molar-refractivity contribution >= 4 is 40.9 Å². The Kier molecular flexibility index (Phi) is 7.73. The second-order valence-electron chi connectivity index (χ2n) is 8.70. The Bertz CT molecular complexity index is 1260. The molecule has 7 nitrogen and oxygen atoms in total. The summed E-state index contributed by atoms with van der Waals surface area (Å²) in [6.45, 7) is 0.199. The number of amides is 2. The molecule has 5 rings (SSSR count). The van der Waals surface area contributed by atoms with Gasteiger partial charge in [-0.25, -0.2) is 4.79 Å². The number of nitrogens with one attached hydrogen (secondary N) is 1. The van der Waals surface area contributed by atoms with E-state index in [1.54, 1.807) is 7.11 Å². The third kappa shape index (κ3) is 5.34. The first kappa shape index (κ1) is 25.3. The molecule has 2 aliphatic heterocycles. The Morgan fingerprint density at radius 1 is 1.03 bits per heavy atom. The minimum Gasteiger partial charge on any atom is -0.448 e. The third-order valence-electron chi connectivity index (χ3n) is 6.22. The summed E-state index contributed by atoms with van der Waals surface area (Å²) in [6.07, 6.45) is -0.425. The number of hydrogen-bond donors (Lipinski definition) is 1. The van der Waals surface area contributed by atoms with Crippen LogP contribution in [0.5, 0.6) is 0 Å². The van der Waals surface area contributed by atoms with Gasteiger partial charge in [0, 0.05) is 17.7 Å². The lowest BCUT2D eigenvalue weighted by Gasteiger charge is -2.49. The quantitative estimate of drug-likeness (QED) is 0.331. The predicted octanol–water partition coefficient (Wildman–Crippen LogP) is 3.92. The highest BCUT2D eigenvalue weighted by atomic mass is 32.2. The molecule has 2 amide bonds.